The van der Waals surface area contributed by atoms with Crippen molar-refractivity contribution < 1.29 is 13.2 Å². The minimum Gasteiger partial charge on any atom is -0.359 e. The van der Waals surface area contributed by atoms with Crippen LogP contribution in [0.25, 0.3) is 0 Å². The summed E-state index contributed by atoms with van der Waals surface area (Å²) < 4.78 is 39.4. The molecular formula is C15H18BrF3N2. The van der Waals surface area contributed by atoms with Crippen LogP contribution in [0, 0.1) is 0 Å². The molecule has 0 radical (unpaired) electrons. The van der Waals surface area contributed by atoms with E-state index in [-0.39, 0.29) is 6.04 Å². The van der Waals surface area contributed by atoms with Crippen molar-refractivity contribution in [3.05, 3.63) is 28.2 Å². The zero-order chi connectivity index (χ0) is 15.0. The standard InChI is InChI=1S/C15H18BrF3N2/c16-11-1-6-14(10(7-11)8-20-12-2-3-12)21(13-4-5-13)9-15(17,18)19/h1,6-7,12-13,20H,2-5,8-9H2. The number of alkyl halides is 3. The smallest absolute Gasteiger partial charge is 0.359 e. The van der Waals surface area contributed by atoms with Crippen molar-refractivity contribution in [3.8, 4) is 0 Å². The van der Waals surface area contributed by atoms with Gasteiger partial charge in [-0.05, 0) is 49.4 Å². The van der Waals surface area contributed by atoms with E-state index in [1.807, 2.05) is 12.1 Å². The van der Waals surface area contributed by atoms with Crippen LogP contribution >= 0.6 is 15.9 Å². The maximum Gasteiger partial charge on any atom is 0.405 e. The van der Waals surface area contributed by atoms with Gasteiger partial charge in [-0.1, -0.05) is 15.9 Å². The SMILES string of the molecule is FC(F)(F)CN(c1ccc(Br)cc1CNC1CC1)C1CC1. The molecule has 0 atom stereocenters. The number of hydrogen-bond donors (Lipinski definition) is 1. The Morgan fingerprint density at radius 1 is 1.19 bits per heavy atom. The Balaban J connectivity index is 1.82. The summed E-state index contributed by atoms with van der Waals surface area (Å²) in [5.41, 5.74) is 1.65. The third kappa shape index (κ3) is 4.36. The average Bonchev–Trinajstić information content (AvgIpc) is 3.26. The lowest BCUT2D eigenvalue weighted by atomic mass is 10.1. The van der Waals surface area contributed by atoms with Gasteiger partial charge in [0.1, 0.15) is 6.54 Å². The van der Waals surface area contributed by atoms with E-state index in [4.69, 9.17) is 0 Å². The second-order valence-corrected chi connectivity index (χ2v) is 6.82. The number of nitrogens with zero attached hydrogens (tertiary/aromatic N) is 1. The molecule has 2 saturated carbocycles. The van der Waals surface area contributed by atoms with Crippen LogP contribution in [0.3, 0.4) is 0 Å². The quantitative estimate of drug-likeness (QED) is 0.814. The molecule has 0 spiro atoms. The summed E-state index contributed by atoms with van der Waals surface area (Å²) >= 11 is 3.41. The minimum absolute atomic E-state index is 0.0347. The Morgan fingerprint density at radius 3 is 2.48 bits per heavy atom. The van der Waals surface area contributed by atoms with Gasteiger partial charge in [0.15, 0.2) is 0 Å². The van der Waals surface area contributed by atoms with Crippen LogP contribution in [0.5, 0.6) is 0 Å². The normalized spacial score (nSPS) is 18.9. The van der Waals surface area contributed by atoms with Gasteiger partial charge in [0.05, 0.1) is 0 Å². The van der Waals surface area contributed by atoms with Gasteiger partial charge in [0.2, 0.25) is 0 Å². The monoisotopic (exact) mass is 362 g/mol. The number of benzene rings is 1. The molecule has 6 heteroatoms. The highest BCUT2D eigenvalue weighted by Crippen LogP contribution is 2.37. The second kappa shape index (κ2) is 5.80. The van der Waals surface area contributed by atoms with Gasteiger partial charge < -0.3 is 10.2 Å². The highest BCUT2D eigenvalue weighted by atomic mass is 79.9. The molecule has 1 aromatic rings. The fourth-order valence-corrected chi connectivity index (χ4v) is 2.92. The van der Waals surface area contributed by atoms with E-state index in [1.54, 1.807) is 6.07 Å². The Hall–Kier alpha value is -0.750. The summed E-state index contributed by atoms with van der Waals surface area (Å²) in [6, 6.07) is 6.12. The van der Waals surface area contributed by atoms with Crippen molar-refractivity contribution in [2.75, 3.05) is 11.4 Å². The highest BCUT2D eigenvalue weighted by molar-refractivity contribution is 9.10. The fourth-order valence-electron chi connectivity index (χ4n) is 2.51. The van der Waals surface area contributed by atoms with Gasteiger partial charge in [0.25, 0.3) is 0 Å². The first-order valence-corrected chi connectivity index (χ1v) is 8.07. The molecule has 2 aliphatic carbocycles. The summed E-state index contributed by atoms with van der Waals surface area (Å²) in [7, 11) is 0. The maximum atomic E-state index is 12.8. The summed E-state index contributed by atoms with van der Waals surface area (Å²) in [4.78, 5) is 1.52. The third-order valence-corrected chi connectivity index (χ3v) is 4.34. The Kier molecular flexibility index (Phi) is 4.19. The molecule has 2 nitrogen and oxygen atoms in total. The van der Waals surface area contributed by atoms with Gasteiger partial charge in [-0.15, -0.1) is 0 Å². The van der Waals surface area contributed by atoms with Crippen molar-refractivity contribution in [1.82, 2.24) is 5.32 Å². The highest BCUT2D eigenvalue weighted by Gasteiger charge is 2.39. The number of hydrogen-bond acceptors (Lipinski definition) is 2. The molecule has 0 aromatic heterocycles. The van der Waals surface area contributed by atoms with Crippen molar-refractivity contribution in [2.24, 2.45) is 0 Å². The Bertz CT molecular complexity index is 510. The molecule has 0 bridgehead atoms. The van der Waals surface area contributed by atoms with Crippen molar-refractivity contribution in [2.45, 2.75) is 50.5 Å². The topological polar surface area (TPSA) is 15.3 Å². The first-order valence-electron chi connectivity index (χ1n) is 7.27. The predicted octanol–water partition coefficient (Wildman–Crippen LogP) is 4.23. The molecule has 0 unspecified atom stereocenters. The molecule has 2 fully saturated rings. The molecule has 1 aromatic carbocycles. The molecule has 1 N–H and O–H groups in total. The van der Waals surface area contributed by atoms with Crippen LogP contribution in [0.15, 0.2) is 22.7 Å². The van der Waals surface area contributed by atoms with Crippen LogP contribution < -0.4 is 10.2 Å². The van der Waals surface area contributed by atoms with Crippen molar-refractivity contribution >= 4 is 21.6 Å². The molecule has 21 heavy (non-hydrogen) atoms. The van der Waals surface area contributed by atoms with E-state index in [9.17, 15) is 13.2 Å². The van der Waals surface area contributed by atoms with Crippen molar-refractivity contribution in [3.63, 3.8) is 0 Å². The first kappa shape index (κ1) is 15.2. The molecule has 0 saturated heterocycles. The van der Waals surface area contributed by atoms with E-state index in [0.29, 0.717) is 18.3 Å². The summed E-state index contributed by atoms with van der Waals surface area (Å²) in [5.74, 6) is 0. The lowest BCUT2D eigenvalue weighted by Gasteiger charge is -2.28. The molecule has 116 valence electrons. The lowest BCUT2D eigenvalue weighted by molar-refractivity contribution is -0.120. The zero-order valence-electron chi connectivity index (χ0n) is 11.6. The number of halogens is 4. The van der Waals surface area contributed by atoms with E-state index in [0.717, 1.165) is 35.7 Å². The fraction of sp³-hybridized carbons (Fsp3) is 0.600. The molecular weight excluding hydrogens is 345 g/mol. The zero-order valence-corrected chi connectivity index (χ0v) is 13.2. The summed E-state index contributed by atoms with van der Waals surface area (Å²) in [5, 5.41) is 3.39. The van der Waals surface area contributed by atoms with Crippen LogP contribution in [0.4, 0.5) is 18.9 Å². The minimum atomic E-state index is -4.17. The van der Waals surface area contributed by atoms with Crippen LogP contribution in [0.2, 0.25) is 0 Å². The van der Waals surface area contributed by atoms with E-state index in [2.05, 4.69) is 21.2 Å². The second-order valence-electron chi connectivity index (χ2n) is 5.90. The van der Waals surface area contributed by atoms with E-state index < -0.39 is 12.7 Å². The van der Waals surface area contributed by atoms with Gasteiger partial charge in [0, 0.05) is 28.8 Å². The molecule has 0 amide bonds. The third-order valence-electron chi connectivity index (χ3n) is 3.85. The Morgan fingerprint density at radius 2 is 1.90 bits per heavy atom. The largest absolute Gasteiger partial charge is 0.405 e. The van der Waals surface area contributed by atoms with Crippen LogP contribution in [-0.2, 0) is 6.54 Å². The number of nitrogens with one attached hydrogen (secondary N) is 1. The number of rotatable bonds is 6. The average molecular weight is 363 g/mol. The van der Waals surface area contributed by atoms with E-state index >= 15 is 0 Å². The van der Waals surface area contributed by atoms with Gasteiger partial charge in [-0.25, -0.2) is 0 Å². The van der Waals surface area contributed by atoms with Crippen LogP contribution in [-0.4, -0.2) is 24.8 Å². The summed E-state index contributed by atoms with van der Waals surface area (Å²) in [6.45, 7) is -0.240. The maximum absolute atomic E-state index is 12.8. The Labute approximate surface area is 130 Å². The van der Waals surface area contributed by atoms with Gasteiger partial charge in [-0.2, -0.15) is 13.2 Å². The van der Waals surface area contributed by atoms with Crippen LogP contribution in [0.1, 0.15) is 31.2 Å². The van der Waals surface area contributed by atoms with E-state index in [1.165, 1.54) is 4.90 Å². The molecule has 2 aliphatic rings. The molecule has 3 rings (SSSR count). The van der Waals surface area contributed by atoms with Gasteiger partial charge in [-0.3, -0.25) is 0 Å². The molecule has 0 aliphatic heterocycles. The van der Waals surface area contributed by atoms with Crippen molar-refractivity contribution in [1.29, 1.82) is 0 Å². The number of anilines is 1. The lowest BCUT2D eigenvalue weighted by Crippen LogP contribution is -2.37. The first-order chi connectivity index (χ1) is 9.92. The van der Waals surface area contributed by atoms with Gasteiger partial charge >= 0.3 is 6.18 Å². The summed E-state index contributed by atoms with van der Waals surface area (Å²) in [6.07, 6.45) is -0.142. The molecule has 0 heterocycles. The predicted molar refractivity (Wildman–Crippen MR) is 80.4 cm³/mol.